The van der Waals surface area contributed by atoms with Gasteiger partial charge in [0.25, 0.3) is 0 Å². The van der Waals surface area contributed by atoms with E-state index in [2.05, 4.69) is 152 Å². The van der Waals surface area contributed by atoms with Gasteiger partial charge >= 0.3 is 0 Å². The van der Waals surface area contributed by atoms with Crippen molar-refractivity contribution in [2.45, 2.75) is 14.7 Å². The lowest BCUT2D eigenvalue weighted by Crippen LogP contribution is -1.91. The van der Waals surface area contributed by atoms with Crippen LogP contribution < -0.4 is 0 Å². The zero-order valence-electron chi connectivity index (χ0n) is 20.8. The number of thiol groups is 1. The van der Waals surface area contributed by atoms with Gasteiger partial charge in [-0.3, -0.25) is 0 Å². The van der Waals surface area contributed by atoms with Crippen LogP contribution in [0.15, 0.2) is 166 Å². The fourth-order valence-corrected chi connectivity index (χ4v) is 6.07. The zero-order valence-corrected chi connectivity index (χ0v) is 22.5. The van der Waals surface area contributed by atoms with Crippen LogP contribution in [0, 0.1) is 0 Å². The predicted octanol–water partition coefficient (Wildman–Crippen LogP) is 10.8. The fourth-order valence-electron chi connectivity index (χ4n) is 4.77. The van der Waals surface area contributed by atoms with Gasteiger partial charge in [0, 0.05) is 25.8 Å². The SMILES string of the molecule is Sc1ccc(Sc2ccc(-c3ccccc3)cc2)c(-c2ccccc2)c1-c1ccc(-c2ccccc2)cc1. The minimum absolute atomic E-state index is 0.972. The molecule has 0 aliphatic heterocycles. The van der Waals surface area contributed by atoms with Gasteiger partial charge in [-0.1, -0.05) is 139 Å². The maximum atomic E-state index is 4.94. The Morgan fingerprint density at radius 3 is 1.26 bits per heavy atom. The third-order valence-corrected chi connectivity index (χ3v) is 8.12. The van der Waals surface area contributed by atoms with E-state index < -0.39 is 0 Å². The van der Waals surface area contributed by atoms with Gasteiger partial charge in [-0.2, -0.15) is 0 Å². The lowest BCUT2D eigenvalue weighted by Gasteiger charge is -2.18. The van der Waals surface area contributed by atoms with E-state index in [4.69, 9.17) is 12.6 Å². The van der Waals surface area contributed by atoms with E-state index >= 15 is 0 Å². The van der Waals surface area contributed by atoms with Crippen LogP contribution in [-0.2, 0) is 0 Å². The van der Waals surface area contributed by atoms with Gasteiger partial charge in [-0.15, -0.1) is 12.6 Å². The normalized spacial score (nSPS) is 10.9. The molecule has 0 aliphatic rings. The summed E-state index contributed by atoms with van der Waals surface area (Å²) in [4.78, 5) is 3.39. The van der Waals surface area contributed by atoms with Crippen LogP contribution in [0.2, 0.25) is 0 Å². The summed E-state index contributed by atoms with van der Waals surface area (Å²) in [6.45, 7) is 0. The molecule has 0 amide bonds. The highest BCUT2D eigenvalue weighted by atomic mass is 32.2. The van der Waals surface area contributed by atoms with Crippen molar-refractivity contribution in [1.29, 1.82) is 0 Å². The summed E-state index contributed by atoms with van der Waals surface area (Å²) in [7, 11) is 0. The van der Waals surface area contributed by atoms with Gasteiger partial charge in [0.2, 0.25) is 0 Å². The first kappa shape index (κ1) is 24.4. The molecule has 0 saturated heterocycles. The standard InChI is InChI=1S/C36H26S2/c37-33-24-25-34(38-32-22-20-29(21-23-32)27-12-6-2-7-13-27)36(30-14-8-3-9-15-30)35(33)31-18-16-28(17-19-31)26-10-4-1-5-11-26/h1-25,37H. The topological polar surface area (TPSA) is 0 Å². The third-order valence-electron chi connectivity index (χ3n) is 6.68. The molecular formula is C36H26S2. The Kier molecular flexibility index (Phi) is 7.17. The van der Waals surface area contributed by atoms with E-state index in [1.165, 1.54) is 43.2 Å². The highest BCUT2D eigenvalue weighted by molar-refractivity contribution is 7.99. The largest absolute Gasteiger partial charge is 0.143 e. The molecule has 0 fully saturated rings. The Morgan fingerprint density at radius 1 is 0.342 bits per heavy atom. The smallest absolute Gasteiger partial charge is 0.0207 e. The van der Waals surface area contributed by atoms with Gasteiger partial charge in [-0.05, 0) is 57.6 Å². The molecule has 6 rings (SSSR count). The lowest BCUT2D eigenvalue weighted by molar-refractivity contribution is 1.34. The molecule has 6 aromatic rings. The van der Waals surface area contributed by atoms with Crippen LogP contribution in [0.3, 0.4) is 0 Å². The van der Waals surface area contributed by atoms with Crippen molar-refractivity contribution in [1.82, 2.24) is 0 Å². The minimum atomic E-state index is 0.972. The fraction of sp³-hybridized carbons (Fsp3) is 0. The molecule has 0 spiro atoms. The number of benzene rings is 6. The van der Waals surface area contributed by atoms with Crippen molar-refractivity contribution >= 4 is 24.4 Å². The number of hydrogen-bond donors (Lipinski definition) is 1. The monoisotopic (exact) mass is 522 g/mol. The van der Waals surface area contributed by atoms with Gasteiger partial charge in [0.05, 0.1) is 0 Å². The molecule has 6 aromatic carbocycles. The molecule has 0 bridgehead atoms. The Balaban J connectivity index is 1.41. The van der Waals surface area contributed by atoms with Gasteiger partial charge in [-0.25, -0.2) is 0 Å². The third kappa shape index (κ3) is 5.19. The molecule has 0 unspecified atom stereocenters. The highest BCUT2D eigenvalue weighted by Gasteiger charge is 2.17. The highest BCUT2D eigenvalue weighted by Crippen LogP contribution is 2.45. The summed E-state index contributed by atoms with van der Waals surface area (Å²) in [5.74, 6) is 0. The minimum Gasteiger partial charge on any atom is -0.143 e. The Bertz CT molecular complexity index is 1640. The lowest BCUT2D eigenvalue weighted by atomic mass is 9.93. The summed E-state index contributed by atoms with van der Waals surface area (Å²) in [5.41, 5.74) is 9.60. The van der Waals surface area contributed by atoms with Crippen molar-refractivity contribution in [2.75, 3.05) is 0 Å². The summed E-state index contributed by atoms with van der Waals surface area (Å²) >= 11 is 6.74. The van der Waals surface area contributed by atoms with Crippen LogP contribution in [0.4, 0.5) is 0 Å². The average Bonchev–Trinajstić information content (AvgIpc) is 3.00. The summed E-state index contributed by atoms with van der Waals surface area (Å²) in [6, 6.07) is 53.7. The van der Waals surface area contributed by atoms with Crippen LogP contribution >= 0.6 is 24.4 Å². The molecule has 2 heteroatoms. The van der Waals surface area contributed by atoms with Crippen molar-refractivity contribution in [2.24, 2.45) is 0 Å². The van der Waals surface area contributed by atoms with Crippen molar-refractivity contribution < 1.29 is 0 Å². The summed E-state index contributed by atoms with van der Waals surface area (Å²) in [5, 5.41) is 0. The number of rotatable bonds is 6. The van der Waals surface area contributed by atoms with E-state index in [1.807, 2.05) is 0 Å². The molecule has 182 valence electrons. The van der Waals surface area contributed by atoms with Gasteiger partial charge in [0.15, 0.2) is 0 Å². The van der Waals surface area contributed by atoms with Crippen molar-refractivity contribution in [3.8, 4) is 44.5 Å². The molecular weight excluding hydrogens is 497 g/mol. The van der Waals surface area contributed by atoms with Crippen LogP contribution in [-0.4, -0.2) is 0 Å². The molecule has 0 aliphatic carbocycles. The van der Waals surface area contributed by atoms with Crippen molar-refractivity contribution in [3.05, 3.63) is 152 Å². The predicted molar refractivity (Wildman–Crippen MR) is 166 cm³/mol. The van der Waals surface area contributed by atoms with E-state index in [0.717, 1.165) is 16.0 Å². The molecule has 0 N–H and O–H groups in total. The Hall–Kier alpha value is -3.98. The molecule has 0 atom stereocenters. The van der Waals surface area contributed by atoms with Crippen LogP contribution in [0.25, 0.3) is 44.5 Å². The van der Waals surface area contributed by atoms with E-state index in [0.29, 0.717) is 0 Å². The maximum Gasteiger partial charge on any atom is 0.0207 e. The molecule has 0 nitrogen and oxygen atoms in total. The summed E-state index contributed by atoms with van der Waals surface area (Å²) in [6.07, 6.45) is 0. The maximum absolute atomic E-state index is 4.94. The molecule has 0 saturated carbocycles. The second kappa shape index (κ2) is 11.2. The summed E-state index contributed by atoms with van der Waals surface area (Å²) < 4.78 is 0. The van der Waals surface area contributed by atoms with E-state index in [1.54, 1.807) is 11.8 Å². The quantitative estimate of drug-likeness (QED) is 0.212. The van der Waals surface area contributed by atoms with Crippen LogP contribution in [0.1, 0.15) is 0 Å². The molecule has 0 aromatic heterocycles. The second-order valence-corrected chi connectivity index (χ2v) is 10.7. The molecule has 0 heterocycles. The zero-order chi connectivity index (χ0) is 25.7. The van der Waals surface area contributed by atoms with E-state index in [9.17, 15) is 0 Å². The Labute approximate surface area is 234 Å². The average molecular weight is 523 g/mol. The second-order valence-electron chi connectivity index (χ2n) is 9.13. The molecule has 38 heavy (non-hydrogen) atoms. The van der Waals surface area contributed by atoms with E-state index in [-0.39, 0.29) is 0 Å². The Morgan fingerprint density at radius 2 is 0.737 bits per heavy atom. The van der Waals surface area contributed by atoms with Crippen LogP contribution in [0.5, 0.6) is 0 Å². The first-order valence-corrected chi connectivity index (χ1v) is 13.9. The molecule has 0 radical (unpaired) electrons. The van der Waals surface area contributed by atoms with Gasteiger partial charge < -0.3 is 0 Å². The van der Waals surface area contributed by atoms with Crippen molar-refractivity contribution in [3.63, 3.8) is 0 Å². The first-order valence-electron chi connectivity index (χ1n) is 12.7. The number of hydrogen-bond acceptors (Lipinski definition) is 2. The van der Waals surface area contributed by atoms with Gasteiger partial charge in [0.1, 0.15) is 0 Å². The first-order chi connectivity index (χ1) is 18.8.